The second kappa shape index (κ2) is 35.7. The van der Waals surface area contributed by atoms with Gasteiger partial charge in [-0.3, -0.25) is 33.5 Å². The number of ether oxygens (including phenoxy) is 2. The number of aromatic amines is 2. The van der Waals surface area contributed by atoms with Gasteiger partial charge in [0, 0.05) is 69.4 Å². The van der Waals surface area contributed by atoms with Gasteiger partial charge in [0.2, 0.25) is 27.7 Å². The average molecular weight is 924 g/mol. The normalized spacial score (nSPS) is 11.9. The number of sulfonamides is 1. The van der Waals surface area contributed by atoms with Gasteiger partial charge in [-0.1, -0.05) is 82.3 Å². The van der Waals surface area contributed by atoms with E-state index in [0.29, 0.717) is 38.6 Å². The lowest BCUT2D eigenvalue weighted by Gasteiger charge is -2.15. The van der Waals surface area contributed by atoms with E-state index in [9.17, 15) is 37.2 Å². The lowest BCUT2D eigenvalue weighted by Crippen LogP contribution is -2.33. The number of tetrazole rings is 1. The number of aliphatic carboxylic acids is 1. The van der Waals surface area contributed by atoms with Crippen molar-refractivity contribution in [1.29, 1.82) is 0 Å². The highest BCUT2D eigenvalue weighted by atomic mass is 32.2. The van der Waals surface area contributed by atoms with Gasteiger partial charge in [-0.05, 0) is 38.5 Å². The molecule has 0 saturated carbocycles. The van der Waals surface area contributed by atoms with Crippen LogP contribution in [-0.4, -0.2) is 125 Å². The maximum absolute atomic E-state index is 12.7. The summed E-state index contributed by atoms with van der Waals surface area (Å²) >= 11 is 0. The number of carbonyl (C=O) groups excluding carboxylic acids is 5. The number of rotatable bonds is 43. The predicted molar refractivity (Wildman–Crippen MR) is 237 cm³/mol. The molecule has 362 valence electrons. The van der Waals surface area contributed by atoms with Crippen molar-refractivity contribution in [2.24, 2.45) is 5.92 Å². The van der Waals surface area contributed by atoms with E-state index >= 15 is 0 Å². The van der Waals surface area contributed by atoms with E-state index in [0.717, 1.165) is 43.6 Å². The fourth-order valence-electron chi connectivity index (χ4n) is 6.91. The van der Waals surface area contributed by atoms with Crippen molar-refractivity contribution in [3.63, 3.8) is 0 Å². The van der Waals surface area contributed by atoms with Crippen molar-refractivity contribution in [2.75, 3.05) is 45.3 Å². The monoisotopic (exact) mass is 924 g/mol. The van der Waals surface area contributed by atoms with Gasteiger partial charge >= 0.3 is 5.97 Å². The minimum atomic E-state index is -3.82. The molecule has 3 amide bonds. The second-order valence-electron chi connectivity index (χ2n) is 16.1. The number of aryl methyl sites for hydroxylation is 2. The molecule has 2 aromatic rings. The molecule has 0 unspecified atom stereocenters. The molecule has 0 saturated heterocycles. The number of carbonyl (C=O) groups is 6. The first-order valence-electron chi connectivity index (χ1n) is 23.1. The van der Waals surface area contributed by atoms with Crippen molar-refractivity contribution in [2.45, 2.75) is 161 Å². The van der Waals surface area contributed by atoms with Gasteiger partial charge in [-0.2, -0.15) is 5.21 Å². The number of hydrogen-bond acceptors (Lipinski definition) is 14. The fraction of sp³-hybridized carbons (Fsp3) is 0.767. The topological polar surface area (TPSA) is 294 Å². The first-order valence-corrected chi connectivity index (χ1v) is 24.8. The summed E-state index contributed by atoms with van der Waals surface area (Å²) in [5, 5.41) is 28.3. The van der Waals surface area contributed by atoms with E-state index in [1.807, 2.05) is 0 Å². The number of carboxylic acid groups (broad SMARTS) is 1. The SMILES string of the molecule is O=C(O)CCC(=O)[C@@H](CCCCNC(=O)COCCOCCNC(=O)CCCS(=O)(=O)NC(=O)CCCCCCCCCCCCCCCc1nn[nH]n1)CC(=O)CCc1cnc[nH]1. The van der Waals surface area contributed by atoms with Crippen molar-refractivity contribution in [3.8, 4) is 0 Å². The van der Waals surface area contributed by atoms with Gasteiger partial charge in [0.15, 0.2) is 5.82 Å². The number of carboxylic acids is 1. The number of ketones is 2. The number of nitrogens with one attached hydrogen (secondary N) is 5. The zero-order chi connectivity index (χ0) is 46.5. The first kappa shape index (κ1) is 55.5. The average Bonchev–Trinajstić information content (AvgIpc) is 3.99. The van der Waals surface area contributed by atoms with E-state index in [1.54, 1.807) is 6.20 Å². The standard InChI is InChI=1S/C43H73N9O11S/c53-37(22-21-36-32-44-34-47-36)31-35(38(54)23-24-43(58)59)17-14-15-25-45-42(57)33-63-29-28-62-27-26-46-40(55)20-16-30-64(60,61)50-41(56)19-13-11-9-7-5-3-1-2-4-6-8-10-12-18-39-48-51-52-49-39/h32,34-35H,1-31,33H2,(H,44,47)(H,45,57)(H,46,55)(H,50,56)(H,58,59)(H,48,49,51,52)/t35-/m0/s1. The van der Waals surface area contributed by atoms with Gasteiger partial charge in [0.1, 0.15) is 18.2 Å². The Kier molecular flexibility index (Phi) is 30.9. The number of aromatic nitrogens is 6. The Balaban J connectivity index is 1.37. The van der Waals surface area contributed by atoms with Crippen LogP contribution in [0.3, 0.4) is 0 Å². The highest BCUT2D eigenvalue weighted by Gasteiger charge is 2.22. The predicted octanol–water partition coefficient (Wildman–Crippen LogP) is 4.23. The zero-order valence-corrected chi connectivity index (χ0v) is 38.4. The summed E-state index contributed by atoms with van der Waals surface area (Å²) in [6.07, 6.45) is 20.7. The van der Waals surface area contributed by atoms with E-state index in [4.69, 9.17) is 14.6 Å². The molecule has 0 aromatic carbocycles. The largest absolute Gasteiger partial charge is 0.481 e. The Hall–Kier alpha value is -4.63. The molecule has 0 aliphatic carbocycles. The molecule has 2 aromatic heterocycles. The number of nitrogens with zero attached hydrogens (tertiary/aromatic N) is 4. The molecule has 2 rings (SSSR count). The summed E-state index contributed by atoms with van der Waals surface area (Å²) in [5.41, 5.74) is 0.818. The summed E-state index contributed by atoms with van der Waals surface area (Å²) in [5.74, 6) is -2.70. The van der Waals surface area contributed by atoms with Crippen LogP contribution in [0.2, 0.25) is 0 Å². The van der Waals surface area contributed by atoms with Crippen molar-refractivity contribution >= 4 is 45.3 Å². The summed E-state index contributed by atoms with van der Waals surface area (Å²) in [6, 6.07) is 0. The minimum absolute atomic E-state index is 0.0185. The highest BCUT2D eigenvalue weighted by molar-refractivity contribution is 7.90. The Morgan fingerprint density at radius 2 is 1.33 bits per heavy atom. The smallest absolute Gasteiger partial charge is 0.303 e. The number of amides is 3. The summed E-state index contributed by atoms with van der Waals surface area (Å²) in [7, 11) is -3.82. The third kappa shape index (κ3) is 31.3. The molecule has 0 radical (unpaired) electrons. The Morgan fingerprint density at radius 3 is 1.98 bits per heavy atom. The third-order valence-corrected chi connectivity index (χ3v) is 11.9. The number of Topliss-reactive ketones (excluding diaryl/α,β-unsaturated/α-hetero) is 2. The van der Waals surface area contributed by atoms with E-state index < -0.39 is 27.8 Å². The van der Waals surface area contributed by atoms with Crippen LogP contribution in [0.5, 0.6) is 0 Å². The van der Waals surface area contributed by atoms with Crippen LogP contribution in [0.1, 0.15) is 159 Å². The lowest BCUT2D eigenvalue weighted by atomic mass is 9.88. The summed E-state index contributed by atoms with van der Waals surface area (Å²) in [6.45, 7) is 0.898. The molecule has 2 heterocycles. The molecule has 0 spiro atoms. The number of unbranched alkanes of at least 4 members (excludes halogenated alkanes) is 13. The summed E-state index contributed by atoms with van der Waals surface area (Å²) < 4.78 is 37.4. The zero-order valence-electron chi connectivity index (χ0n) is 37.6. The van der Waals surface area contributed by atoms with E-state index in [2.05, 4.69) is 45.9 Å². The van der Waals surface area contributed by atoms with Gasteiger partial charge in [0.25, 0.3) is 0 Å². The van der Waals surface area contributed by atoms with Crippen LogP contribution in [0, 0.1) is 5.92 Å². The molecule has 21 heteroatoms. The van der Waals surface area contributed by atoms with Crippen molar-refractivity contribution < 1.29 is 51.8 Å². The van der Waals surface area contributed by atoms with Crippen LogP contribution in [0.4, 0.5) is 0 Å². The minimum Gasteiger partial charge on any atom is -0.481 e. The van der Waals surface area contributed by atoms with Crippen molar-refractivity contribution in [3.05, 3.63) is 24.0 Å². The van der Waals surface area contributed by atoms with Gasteiger partial charge < -0.3 is 30.2 Å². The molecule has 0 fully saturated rings. The number of imidazole rings is 1. The van der Waals surface area contributed by atoms with Crippen LogP contribution >= 0.6 is 0 Å². The Morgan fingerprint density at radius 1 is 0.672 bits per heavy atom. The molecule has 20 nitrogen and oxygen atoms in total. The Labute approximate surface area is 377 Å². The molecular weight excluding hydrogens is 851 g/mol. The van der Waals surface area contributed by atoms with Gasteiger partial charge in [0.05, 0.1) is 38.3 Å². The molecule has 1 atom stereocenters. The first-order chi connectivity index (χ1) is 30.9. The molecule has 0 aliphatic heterocycles. The number of hydrogen-bond donors (Lipinski definition) is 6. The molecular formula is C43H73N9O11S. The van der Waals surface area contributed by atoms with Crippen LogP contribution in [0.25, 0.3) is 0 Å². The lowest BCUT2D eigenvalue weighted by molar-refractivity contribution is -0.139. The molecule has 6 N–H and O–H groups in total. The molecule has 0 aliphatic rings. The molecule has 64 heavy (non-hydrogen) atoms. The van der Waals surface area contributed by atoms with Crippen LogP contribution < -0.4 is 15.4 Å². The Bertz CT molecular complexity index is 1690. The van der Waals surface area contributed by atoms with Gasteiger partial charge in [-0.25, -0.2) is 13.4 Å². The van der Waals surface area contributed by atoms with Crippen LogP contribution in [0.15, 0.2) is 12.5 Å². The maximum atomic E-state index is 12.7. The van der Waals surface area contributed by atoms with E-state index in [1.165, 1.54) is 57.7 Å². The number of H-pyrrole nitrogens is 2. The second-order valence-corrected chi connectivity index (χ2v) is 18.0. The molecule has 0 bridgehead atoms. The van der Waals surface area contributed by atoms with E-state index in [-0.39, 0.29) is 107 Å². The third-order valence-electron chi connectivity index (χ3n) is 10.5. The fourth-order valence-corrected chi connectivity index (χ4v) is 7.99. The van der Waals surface area contributed by atoms with Crippen molar-refractivity contribution in [1.82, 2.24) is 45.9 Å². The highest BCUT2D eigenvalue weighted by Crippen LogP contribution is 2.19. The maximum Gasteiger partial charge on any atom is 0.303 e. The summed E-state index contributed by atoms with van der Waals surface area (Å²) in [4.78, 5) is 79.4. The van der Waals surface area contributed by atoms with Gasteiger partial charge in [-0.15, -0.1) is 10.2 Å². The van der Waals surface area contributed by atoms with Crippen LogP contribution in [-0.2, 0) is 61.1 Å². The quantitative estimate of drug-likeness (QED) is 0.0508.